The van der Waals surface area contributed by atoms with Crippen molar-refractivity contribution in [2.24, 2.45) is 15.5 Å². The summed E-state index contributed by atoms with van der Waals surface area (Å²) < 4.78 is 28.0. The summed E-state index contributed by atoms with van der Waals surface area (Å²) in [5, 5.41) is 11.7. The van der Waals surface area contributed by atoms with Gasteiger partial charge in [0, 0.05) is 32.2 Å². The van der Waals surface area contributed by atoms with E-state index in [9.17, 15) is 8.42 Å². The number of nitrogens with two attached hydrogens (primary N) is 1. The van der Waals surface area contributed by atoms with Gasteiger partial charge in [-0.1, -0.05) is 6.42 Å². The van der Waals surface area contributed by atoms with Gasteiger partial charge in [0.2, 0.25) is 10.0 Å². The Kier molecular flexibility index (Phi) is 9.09. The van der Waals surface area contributed by atoms with E-state index in [0.29, 0.717) is 17.9 Å². The summed E-state index contributed by atoms with van der Waals surface area (Å²) in [6.45, 7) is 2.15. The monoisotopic (exact) mass is 502 g/mol. The number of nitrogens with one attached hydrogen (secondary N) is 2. The van der Waals surface area contributed by atoms with Crippen LogP contribution in [0.5, 0.6) is 0 Å². The van der Waals surface area contributed by atoms with Crippen molar-refractivity contribution in [1.29, 1.82) is 0 Å². The van der Waals surface area contributed by atoms with Crippen molar-refractivity contribution in [3.8, 4) is 0 Å². The van der Waals surface area contributed by atoms with Crippen molar-refractivity contribution in [2.45, 2.75) is 36.4 Å². The van der Waals surface area contributed by atoms with Crippen LogP contribution in [0.25, 0.3) is 0 Å². The van der Waals surface area contributed by atoms with Crippen molar-refractivity contribution in [3.63, 3.8) is 0 Å². The molecule has 0 bridgehead atoms. The second-order valence-corrected chi connectivity index (χ2v) is 9.10. The fourth-order valence-electron chi connectivity index (χ4n) is 2.78. The summed E-state index contributed by atoms with van der Waals surface area (Å²) in [7, 11) is -0.170. The van der Waals surface area contributed by atoms with E-state index in [2.05, 4.69) is 15.6 Å². The fraction of sp³-hybridized carbons (Fsp3) is 0.667. The van der Waals surface area contributed by atoms with E-state index in [4.69, 9.17) is 9.88 Å². The Balaban J connectivity index is 0.00000312. The van der Waals surface area contributed by atoms with Crippen molar-refractivity contribution >= 4 is 51.3 Å². The molecule has 4 N–H and O–H groups in total. The lowest BCUT2D eigenvalue weighted by Gasteiger charge is -2.42. The zero-order valence-corrected chi connectivity index (χ0v) is 18.5. The fourth-order valence-corrected chi connectivity index (χ4v) is 4.50. The summed E-state index contributed by atoms with van der Waals surface area (Å²) in [5.74, 6) is 0.712. The van der Waals surface area contributed by atoms with E-state index in [-0.39, 0.29) is 28.2 Å². The molecule has 1 aliphatic carbocycles. The number of guanidine groups is 1. The summed E-state index contributed by atoms with van der Waals surface area (Å²) >= 11 is 1.17. The number of halogens is 1. The lowest BCUT2D eigenvalue weighted by Crippen LogP contribution is -2.46. The summed E-state index contributed by atoms with van der Waals surface area (Å²) in [4.78, 5) is 5.11. The Morgan fingerprint density at radius 3 is 2.60 bits per heavy atom. The van der Waals surface area contributed by atoms with Crippen LogP contribution in [0.1, 0.15) is 30.6 Å². The summed E-state index contributed by atoms with van der Waals surface area (Å²) in [5.41, 5.74) is 0.303. The van der Waals surface area contributed by atoms with Gasteiger partial charge in [-0.25, -0.2) is 13.6 Å². The number of hydrogen-bond donors (Lipinski definition) is 3. The molecule has 7 nitrogen and oxygen atoms in total. The smallest absolute Gasteiger partial charge is 0.247 e. The number of primary sulfonamides is 1. The summed E-state index contributed by atoms with van der Waals surface area (Å²) in [6.07, 6.45) is 4.74. The lowest BCUT2D eigenvalue weighted by atomic mass is 9.67. The molecule has 25 heavy (non-hydrogen) atoms. The quantitative estimate of drug-likeness (QED) is 0.286. The molecule has 0 aromatic carbocycles. The molecule has 10 heteroatoms. The molecule has 0 aliphatic heterocycles. The largest absolute Gasteiger partial charge is 0.385 e. The normalized spacial score (nSPS) is 16.7. The average Bonchev–Trinajstić information content (AvgIpc) is 2.97. The number of sulfonamides is 1. The van der Waals surface area contributed by atoms with E-state index >= 15 is 0 Å². The number of hydrogen-bond acceptors (Lipinski definition) is 5. The third-order valence-electron chi connectivity index (χ3n) is 4.45. The standard InChI is InChI=1S/C15H26N4O3S2.HI/c1-17-14(19-11-15(6-3-7-15)8-9-22-2)18-10-12-4-5-13(23-12)24(16,20)21;/h4-5H,3,6-11H2,1-2H3,(H2,16,20,21)(H2,17,18,19);1H. The predicted octanol–water partition coefficient (Wildman–Crippen LogP) is 1.89. The lowest BCUT2D eigenvalue weighted by molar-refractivity contribution is 0.0732. The maximum Gasteiger partial charge on any atom is 0.247 e. The predicted molar refractivity (Wildman–Crippen MR) is 112 cm³/mol. The first-order valence-corrected chi connectivity index (χ1v) is 10.3. The molecule has 1 aromatic heterocycles. The zero-order chi connectivity index (χ0) is 17.6. The maximum absolute atomic E-state index is 11.3. The minimum absolute atomic E-state index is 0. The van der Waals surface area contributed by atoms with Gasteiger partial charge in [-0.3, -0.25) is 4.99 Å². The Labute approximate surface area is 170 Å². The van der Waals surface area contributed by atoms with Crippen LogP contribution in [0.3, 0.4) is 0 Å². The van der Waals surface area contributed by atoms with Crippen LogP contribution >= 0.6 is 35.3 Å². The van der Waals surface area contributed by atoms with Gasteiger partial charge in [-0.15, -0.1) is 35.3 Å². The SMILES string of the molecule is CN=C(NCc1ccc(S(N)(=O)=O)s1)NCC1(CCOC)CCC1.I. The molecule has 0 radical (unpaired) electrons. The average molecular weight is 502 g/mol. The number of nitrogens with zero attached hydrogens (tertiary/aromatic N) is 1. The molecular weight excluding hydrogens is 475 g/mol. The molecule has 1 saturated carbocycles. The molecule has 1 aliphatic rings. The van der Waals surface area contributed by atoms with Crippen LogP contribution in [0.15, 0.2) is 21.3 Å². The molecule has 1 heterocycles. The highest BCUT2D eigenvalue weighted by Gasteiger charge is 2.36. The van der Waals surface area contributed by atoms with Gasteiger partial charge in [-0.05, 0) is 36.8 Å². The third-order valence-corrected chi connectivity index (χ3v) is 6.98. The molecule has 1 fully saturated rings. The number of thiophene rings is 1. The Morgan fingerprint density at radius 1 is 1.40 bits per heavy atom. The number of methoxy groups -OCH3 is 1. The van der Waals surface area contributed by atoms with Gasteiger partial charge in [0.1, 0.15) is 4.21 Å². The van der Waals surface area contributed by atoms with Crippen LogP contribution in [-0.2, 0) is 21.3 Å². The Morgan fingerprint density at radius 2 is 2.12 bits per heavy atom. The number of rotatable bonds is 8. The van der Waals surface area contributed by atoms with Crippen LogP contribution in [-0.4, -0.2) is 41.7 Å². The highest BCUT2D eigenvalue weighted by molar-refractivity contribution is 14.0. The van der Waals surface area contributed by atoms with Crippen molar-refractivity contribution < 1.29 is 13.2 Å². The van der Waals surface area contributed by atoms with Gasteiger partial charge in [0.15, 0.2) is 5.96 Å². The number of aliphatic imine (C=N–C) groups is 1. The van der Waals surface area contributed by atoms with Gasteiger partial charge in [-0.2, -0.15) is 0 Å². The molecule has 0 spiro atoms. The molecule has 1 aromatic rings. The summed E-state index contributed by atoms with van der Waals surface area (Å²) in [6, 6.07) is 3.29. The zero-order valence-electron chi connectivity index (χ0n) is 14.6. The van der Waals surface area contributed by atoms with E-state index in [1.165, 1.54) is 36.7 Å². The van der Waals surface area contributed by atoms with E-state index in [1.807, 2.05) is 0 Å². The first-order valence-electron chi connectivity index (χ1n) is 7.93. The Hall–Kier alpha value is -0.430. The van der Waals surface area contributed by atoms with E-state index < -0.39 is 10.0 Å². The molecule has 2 rings (SSSR count). The van der Waals surface area contributed by atoms with Crippen LogP contribution in [0.4, 0.5) is 0 Å². The highest BCUT2D eigenvalue weighted by Crippen LogP contribution is 2.43. The van der Waals surface area contributed by atoms with Crippen LogP contribution < -0.4 is 15.8 Å². The van der Waals surface area contributed by atoms with Crippen LogP contribution in [0.2, 0.25) is 0 Å². The van der Waals surface area contributed by atoms with E-state index in [1.54, 1.807) is 20.2 Å². The molecule has 144 valence electrons. The van der Waals surface area contributed by atoms with Crippen molar-refractivity contribution in [3.05, 3.63) is 17.0 Å². The van der Waals surface area contributed by atoms with Crippen molar-refractivity contribution in [1.82, 2.24) is 10.6 Å². The van der Waals surface area contributed by atoms with Gasteiger partial charge in [0.05, 0.1) is 6.54 Å². The van der Waals surface area contributed by atoms with Crippen LogP contribution in [0, 0.1) is 5.41 Å². The minimum atomic E-state index is -3.63. The van der Waals surface area contributed by atoms with Gasteiger partial charge in [0.25, 0.3) is 0 Å². The first kappa shape index (κ1) is 22.6. The Bertz CT molecular complexity index is 672. The third kappa shape index (κ3) is 6.66. The topological polar surface area (TPSA) is 106 Å². The van der Waals surface area contributed by atoms with Gasteiger partial charge < -0.3 is 15.4 Å². The molecular formula is C15H27IN4O3S2. The molecule has 0 unspecified atom stereocenters. The van der Waals surface area contributed by atoms with Gasteiger partial charge >= 0.3 is 0 Å². The second-order valence-electron chi connectivity index (χ2n) is 6.14. The molecule has 0 atom stereocenters. The second kappa shape index (κ2) is 10.0. The molecule has 0 saturated heterocycles. The highest BCUT2D eigenvalue weighted by atomic mass is 127. The minimum Gasteiger partial charge on any atom is -0.385 e. The maximum atomic E-state index is 11.3. The molecule has 0 amide bonds. The van der Waals surface area contributed by atoms with E-state index in [0.717, 1.165) is 24.4 Å². The first-order chi connectivity index (χ1) is 11.4. The number of ether oxygens (including phenoxy) is 1. The van der Waals surface area contributed by atoms with Crippen molar-refractivity contribution in [2.75, 3.05) is 27.3 Å².